The van der Waals surface area contributed by atoms with Gasteiger partial charge in [0.15, 0.2) is 0 Å². The molecule has 0 bridgehead atoms. The van der Waals surface area contributed by atoms with Crippen molar-refractivity contribution in [3.05, 3.63) is 65.7 Å². The average Bonchev–Trinajstić information content (AvgIpc) is 2.46. The SMILES string of the molecule is CNCCC(Oc1ccccc1C)c1ccccc1.Cl.Cl. The summed E-state index contributed by atoms with van der Waals surface area (Å²) in [5.41, 5.74) is 2.40. The molecular weight excluding hydrogens is 305 g/mol. The van der Waals surface area contributed by atoms with Crippen molar-refractivity contribution in [1.82, 2.24) is 5.32 Å². The molecule has 0 aromatic heterocycles. The highest BCUT2D eigenvalue weighted by atomic mass is 35.5. The monoisotopic (exact) mass is 327 g/mol. The van der Waals surface area contributed by atoms with Crippen molar-refractivity contribution in [3.8, 4) is 5.75 Å². The molecule has 0 saturated heterocycles. The van der Waals surface area contributed by atoms with E-state index >= 15 is 0 Å². The number of rotatable bonds is 6. The van der Waals surface area contributed by atoms with E-state index in [0.29, 0.717) is 0 Å². The van der Waals surface area contributed by atoms with E-state index in [-0.39, 0.29) is 30.9 Å². The molecule has 0 amide bonds. The lowest BCUT2D eigenvalue weighted by molar-refractivity contribution is 0.193. The van der Waals surface area contributed by atoms with Gasteiger partial charge >= 0.3 is 0 Å². The quantitative estimate of drug-likeness (QED) is 0.839. The molecule has 0 aliphatic heterocycles. The Bertz CT molecular complexity index is 505. The Morgan fingerprint density at radius 2 is 1.57 bits per heavy atom. The molecule has 0 aliphatic carbocycles. The third-order valence-corrected chi connectivity index (χ3v) is 3.19. The zero-order chi connectivity index (χ0) is 13.5. The molecule has 0 heterocycles. The molecule has 21 heavy (non-hydrogen) atoms. The number of halogens is 2. The van der Waals surface area contributed by atoms with Crippen LogP contribution in [0.5, 0.6) is 5.75 Å². The lowest BCUT2D eigenvalue weighted by atomic mass is 10.1. The minimum atomic E-state index is 0. The first-order valence-corrected chi connectivity index (χ1v) is 6.73. The van der Waals surface area contributed by atoms with E-state index in [0.717, 1.165) is 18.7 Å². The fraction of sp³-hybridized carbons (Fsp3) is 0.294. The second-order valence-electron chi connectivity index (χ2n) is 4.67. The maximum absolute atomic E-state index is 6.19. The summed E-state index contributed by atoms with van der Waals surface area (Å²) in [5.74, 6) is 0.965. The van der Waals surface area contributed by atoms with Crippen LogP contribution >= 0.6 is 24.8 Å². The second kappa shape index (κ2) is 10.5. The van der Waals surface area contributed by atoms with E-state index in [1.807, 2.05) is 31.3 Å². The van der Waals surface area contributed by atoms with E-state index in [1.165, 1.54) is 11.1 Å². The minimum Gasteiger partial charge on any atom is -0.485 e. The summed E-state index contributed by atoms with van der Waals surface area (Å²) in [5, 5.41) is 3.19. The van der Waals surface area contributed by atoms with Gasteiger partial charge in [0.05, 0.1) is 0 Å². The highest BCUT2D eigenvalue weighted by Gasteiger charge is 2.13. The third-order valence-electron chi connectivity index (χ3n) is 3.19. The van der Waals surface area contributed by atoms with Gasteiger partial charge in [-0.2, -0.15) is 0 Å². The van der Waals surface area contributed by atoms with Gasteiger partial charge in [0.2, 0.25) is 0 Å². The number of para-hydroxylation sites is 1. The summed E-state index contributed by atoms with van der Waals surface area (Å²) in [6.45, 7) is 3.01. The topological polar surface area (TPSA) is 21.3 Å². The van der Waals surface area contributed by atoms with Gasteiger partial charge in [-0.05, 0) is 37.7 Å². The molecule has 1 unspecified atom stereocenters. The Kier molecular flexibility index (Phi) is 9.89. The number of benzene rings is 2. The first-order valence-electron chi connectivity index (χ1n) is 6.73. The molecule has 4 heteroatoms. The maximum Gasteiger partial charge on any atom is 0.125 e. The summed E-state index contributed by atoms with van der Waals surface area (Å²) < 4.78 is 6.19. The van der Waals surface area contributed by atoms with Gasteiger partial charge in [-0.3, -0.25) is 0 Å². The smallest absolute Gasteiger partial charge is 0.125 e. The lowest BCUT2D eigenvalue weighted by Crippen LogP contribution is -2.16. The summed E-state index contributed by atoms with van der Waals surface area (Å²) >= 11 is 0. The zero-order valence-corrected chi connectivity index (χ0v) is 14.0. The standard InChI is InChI=1S/C17H21NO.2ClH/c1-14-8-6-7-11-16(14)19-17(12-13-18-2)15-9-4-3-5-10-15;;/h3-11,17-18H,12-13H2,1-2H3;2*1H. The average molecular weight is 328 g/mol. The predicted octanol–water partition coefficient (Wildman–Crippen LogP) is 4.57. The molecule has 2 aromatic carbocycles. The van der Waals surface area contributed by atoms with Crippen LogP contribution in [0.4, 0.5) is 0 Å². The van der Waals surface area contributed by atoms with Gasteiger partial charge in [0, 0.05) is 6.42 Å². The molecular formula is C17H23Cl2NO. The van der Waals surface area contributed by atoms with Gasteiger partial charge in [0.25, 0.3) is 0 Å². The van der Waals surface area contributed by atoms with Gasteiger partial charge in [0.1, 0.15) is 11.9 Å². The number of ether oxygens (including phenoxy) is 1. The van der Waals surface area contributed by atoms with Gasteiger partial charge in [-0.25, -0.2) is 0 Å². The number of hydrogen-bond donors (Lipinski definition) is 1. The zero-order valence-electron chi connectivity index (χ0n) is 12.4. The highest BCUT2D eigenvalue weighted by Crippen LogP contribution is 2.26. The van der Waals surface area contributed by atoms with E-state index in [1.54, 1.807) is 0 Å². The Morgan fingerprint density at radius 1 is 0.952 bits per heavy atom. The van der Waals surface area contributed by atoms with E-state index in [9.17, 15) is 0 Å². The fourth-order valence-electron chi connectivity index (χ4n) is 2.08. The van der Waals surface area contributed by atoms with Crippen molar-refractivity contribution in [1.29, 1.82) is 0 Å². The first kappa shape index (κ1) is 19.8. The van der Waals surface area contributed by atoms with Crippen LogP contribution in [-0.4, -0.2) is 13.6 Å². The van der Waals surface area contributed by atoms with Gasteiger partial charge < -0.3 is 10.1 Å². The second-order valence-corrected chi connectivity index (χ2v) is 4.67. The normalized spacial score (nSPS) is 11.0. The minimum absolute atomic E-state index is 0. The molecule has 2 aromatic rings. The number of aryl methyl sites for hydroxylation is 1. The Labute approximate surface area is 139 Å². The molecule has 116 valence electrons. The molecule has 2 nitrogen and oxygen atoms in total. The van der Waals surface area contributed by atoms with Crippen LogP contribution in [0.15, 0.2) is 54.6 Å². The van der Waals surface area contributed by atoms with Crippen molar-refractivity contribution in [2.24, 2.45) is 0 Å². The van der Waals surface area contributed by atoms with E-state index in [2.05, 4.69) is 42.6 Å². The maximum atomic E-state index is 6.19. The van der Waals surface area contributed by atoms with E-state index < -0.39 is 0 Å². The van der Waals surface area contributed by atoms with Crippen LogP contribution in [0.3, 0.4) is 0 Å². The largest absolute Gasteiger partial charge is 0.485 e. The molecule has 1 atom stereocenters. The van der Waals surface area contributed by atoms with E-state index in [4.69, 9.17) is 4.74 Å². The summed E-state index contributed by atoms with van der Waals surface area (Å²) in [6, 6.07) is 18.6. The number of nitrogens with one attached hydrogen (secondary N) is 1. The van der Waals surface area contributed by atoms with Crippen LogP contribution in [0, 0.1) is 6.92 Å². The van der Waals surface area contributed by atoms with Crippen LogP contribution in [0.2, 0.25) is 0 Å². The lowest BCUT2D eigenvalue weighted by Gasteiger charge is -2.20. The first-order chi connectivity index (χ1) is 9.31. The molecule has 0 fully saturated rings. The highest BCUT2D eigenvalue weighted by molar-refractivity contribution is 5.85. The van der Waals surface area contributed by atoms with Crippen molar-refractivity contribution >= 4 is 24.8 Å². The Balaban J connectivity index is 0.00000200. The van der Waals surface area contributed by atoms with Crippen molar-refractivity contribution in [2.75, 3.05) is 13.6 Å². The third kappa shape index (κ3) is 5.96. The molecule has 0 radical (unpaired) electrons. The molecule has 1 N–H and O–H groups in total. The predicted molar refractivity (Wildman–Crippen MR) is 94.0 cm³/mol. The van der Waals surface area contributed by atoms with Crippen LogP contribution in [0.25, 0.3) is 0 Å². The summed E-state index contributed by atoms with van der Waals surface area (Å²) in [6.07, 6.45) is 1.05. The molecule has 2 rings (SSSR count). The summed E-state index contributed by atoms with van der Waals surface area (Å²) in [7, 11) is 1.97. The molecule has 0 spiro atoms. The van der Waals surface area contributed by atoms with Crippen molar-refractivity contribution in [2.45, 2.75) is 19.4 Å². The van der Waals surface area contributed by atoms with Crippen LogP contribution < -0.4 is 10.1 Å². The van der Waals surface area contributed by atoms with Crippen molar-refractivity contribution < 1.29 is 4.74 Å². The Morgan fingerprint density at radius 3 is 2.19 bits per heavy atom. The van der Waals surface area contributed by atoms with Gasteiger partial charge in [-0.15, -0.1) is 24.8 Å². The fourth-order valence-corrected chi connectivity index (χ4v) is 2.08. The summed E-state index contributed by atoms with van der Waals surface area (Å²) in [4.78, 5) is 0. The van der Waals surface area contributed by atoms with Crippen molar-refractivity contribution in [3.63, 3.8) is 0 Å². The molecule has 0 saturated carbocycles. The van der Waals surface area contributed by atoms with Crippen LogP contribution in [0.1, 0.15) is 23.7 Å². The Hall–Kier alpha value is -1.22. The number of hydrogen-bond acceptors (Lipinski definition) is 2. The molecule has 0 aliphatic rings. The van der Waals surface area contributed by atoms with Crippen LogP contribution in [-0.2, 0) is 0 Å². The van der Waals surface area contributed by atoms with Gasteiger partial charge in [-0.1, -0.05) is 48.5 Å².